The van der Waals surface area contributed by atoms with E-state index in [0.717, 1.165) is 11.6 Å². The molecule has 2 aromatic rings. The largest absolute Gasteiger partial charge is 0.455 e. The minimum atomic E-state index is -4.68. The highest BCUT2D eigenvalue weighted by Crippen LogP contribution is 2.36. The van der Waals surface area contributed by atoms with Crippen LogP contribution in [0.4, 0.5) is 24.5 Å². The Bertz CT molecular complexity index is 1030. The summed E-state index contributed by atoms with van der Waals surface area (Å²) in [6.07, 6.45) is -4.73. The number of esters is 1. The van der Waals surface area contributed by atoms with Gasteiger partial charge in [0.05, 0.1) is 16.5 Å². The van der Waals surface area contributed by atoms with E-state index in [-0.39, 0.29) is 24.6 Å². The van der Waals surface area contributed by atoms with Gasteiger partial charge in [0.15, 0.2) is 6.61 Å². The van der Waals surface area contributed by atoms with Crippen molar-refractivity contribution in [3.63, 3.8) is 0 Å². The van der Waals surface area contributed by atoms with E-state index in [4.69, 9.17) is 16.3 Å². The Morgan fingerprint density at radius 2 is 1.94 bits per heavy atom. The minimum absolute atomic E-state index is 0.0546. The maximum Gasteiger partial charge on any atom is 0.417 e. The number of carbonyl (C=O) groups excluding carboxylic acids is 3. The minimum Gasteiger partial charge on any atom is -0.455 e. The Balaban J connectivity index is 1.56. The molecule has 0 unspecified atom stereocenters. The molecule has 1 fully saturated rings. The van der Waals surface area contributed by atoms with Gasteiger partial charge in [-0.2, -0.15) is 13.2 Å². The summed E-state index contributed by atoms with van der Waals surface area (Å²) < 4.78 is 43.7. The van der Waals surface area contributed by atoms with E-state index in [1.807, 2.05) is 19.1 Å². The number of benzene rings is 2. The lowest BCUT2D eigenvalue weighted by atomic mass is 10.1. The first kappa shape index (κ1) is 22.6. The fraction of sp³-hybridized carbons (Fsp3) is 0.286. The van der Waals surface area contributed by atoms with E-state index < -0.39 is 41.2 Å². The molecule has 0 bridgehead atoms. The number of aryl methyl sites for hydroxylation is 1. The molecule has 1 aliphatic heterocycles. The van der Waals surface area contributed by atoms with Crippen molar-refractivity contribution in [2.75, 3.05) is 23.4 Å². The van der Waals surface area contributed by atoms with Crippen molar-refractivity contribution in [3.8, 4) is 0 Å². The van der Waals surface area contributed by atoms with Crippen LogP contribution in [-0.2, 0) is 25.3 Å². The maximum atomic E-state index is 12.9. The van der Waals surface area contributed by atoms with E-state index >= 15 is 0 Å². The van der Waals surface area contributed by atoms with Gasteiger partial charge in [0.1, 0.15) is 0 Å². The second-order valence-corrected chi connectivity index (χ2v) is 7.45. The number of nitrogens with one attached hydrogen (secondary N) is 1. The number of rotatable bonds is 5. The van der Waals surface area contributed by atoms with E-state index in [1.165, 1.54) is 11.0 Å². The molecule has 0 saturated carbocycles. The molecule has 0 spiro atoms. The van der Waals surface area contributed by atoms with Crippen LogP contribution in [0.2, 0.25) is 5.02 Å². The number of alkyl halides is 3. The normalized spacial score (nSPS) is 16.4. The summed E-state index contributed by atoms with van der Waals surface area (Å²) in [6.45, 7) is 1.27. The Labute approximate surface area is 180 Å². The van der Waals surface area contributed by atoms with Crippen LogP contribution in [0.5, 0.6) is 0 Å². The third-order valence-electron chi connectivity index (χ3n) is 4.77. The van der Waals surface area contributed by atoms with Crippen molar-refractivity contribution in [3.05, 3.63) is 58.6 Å². The molecule has 1 N–H and O–H groups in total. The highest BCUT2D eigenvalue weighted by Gasteiger charge is 2.37. The molecule has 0 radical (unpaired) electrons. The lowest BCUT2D eigenvalue weighted by Crippen LogP contribution is -2.28. The molecule has 1 atom stereocenters. The van der Waals surface area contributed by atoms with Gasteiger partial charge in [0, 0.05) is 24.3 Å². The molecular formula is C21H18ClF3N2O4. The number of carbonyl (C=O) groups is 3. The van der Waals surface area contributed by atoms with Crippen molar-refractivity contribution in [1.82, 2.24) is 0 Å². The Kier molecular flexibility index (Phi) is 6.54. The SMILES string of the molecule is Cc1ccccc1N1C[C@H](C(=O)OCC(=O)Nc2ccc(Cl)c(C(F)(F)F)c2)CC1=O. The zero-order chi connectivity index (χ0) is 22.8. The van der Waals surface area contributed by atoms with E-state index in [2.05, 4.69) is 5.32 Å². The third-order valence-corrected chi connectivity index (χ3v) is 5.10. The topological polar surface area (TPSA) is 75.7 Å². The lowest BCUT2D eigenvalue weighted by molar-refractivity contribution is -0.151. The zero-order valence-corrected chi connectivity index (χ0v) is 17.1. The van der Waals surface area contributed by atoms with Crippen LogP contribution in [0.3, 0.4) is 0 Å². The lowest BCUT2D eigenvalue weighted by Gasteiger charge is -2.18. The summed E-state index contributed by atoms with van der Waals surface area (Å²) in [5, 5.41) is 1.73. The average Bonchev–Trinajstić information content (AvgIpc) is 3.08. The van der Waals surface area contributed by atoms with Gasteiger partial charge < -0.3 is 15.0 Å². The summed E-state index contributed by atoms with van der Waals surface area (Å²) in [5.74, 6) is -2.52. The van der Waals surface area contributed by atoms with Crippen LogP contribution in [0.1, 0.15) is 17.5 Å². The van der Waals surface area contributed by atoms with Crippen LogP contribution in [0.15, 0.2) is 42.5 Å². The average molecular weight is 455 g/mol. The summed E-state index contributed by atoms with van der Waals surface area (Å²) in [5.41, 5.74) is 0.346. The van der Waals surface area contributed by atoms with Crippen molar-refractivity contribution in [2.24, 2.45) is 5.92 Å². The number of hydrogen-bond acceptors (Lipinski definition) is 4. The van der Waals surface area contributed by atoms with Gasteiger partial charge in [-0.25, -0.2) is 0 Å². The van der Waals surface area contributed by atoms with Crippen LogP contribution in [-0.4, -0.2) is 30.9 Å². The number of hydrogen-bond donors (Lipinski definition) is 1. The summed E-state index contributed by atoms with van der Waals surface area (Å²) in [4.78, 5) is 38.1. The third kappa shape index (κ3) is 5.35. The number of para-hydroxylation sites is 1. The molecule has 0 aliphatic carbocycles. The van der Waals surface area contributed by atoms with Crippen molar-refractivity contribution >= 4 is 40.8 Å². The summed E-state index contributed by atoms with van der Waals surface area (Å²) in [6, 6.07) is 10.1. The molecule has 1 heterocycles. The maximum absolute atomic E-state index is 12.9. The molecule has 1 saturated heterocycles. The van der Waals surface area contributed by atoms with Gasteiger partial charge in [0.2, 0.25) is 5.91 Å². The van der Waals surface area contributed by atoms with Crippen LogP contribution >= 0.6 is 11.6 Å². The van der Waals surface area contributed by atoms with E-state index in [9.17, 15) is 27.6 Å². The highest BCUT2D eigenvalue weighted by atomic mass is 35.5. The molecular weight excluding hydrogens is 437 g/mol. The van der Waals surface area contributed by atoms with Crippen LogP contribution in [0.25, 0.3) is 0 Å². The van der Waals surface area contributed by atoms with Crippen molar-refractivity contribution in [2.45, 2.75) is 19.5 Å². The fourth-order valence-electron chi connectivity index (χ4n) is 3.24. The quantitative estimate of drug-likeness (QED) is 0.687. The molecule has 10 heteroatoms. The second-order valence-electron chi connectivity index (χ2n) is 7.04. The number of anilines is 2. The van der Waals surface area contributed by atoms with Gasteiger partial charge in [-0.05, 0) is 36.8 Å². The molecule has 3 rings (SSSR count). The second kappa shape index (κ2) is 8.97. The molecule has 2 amide bonds. The first-order valence-corrected chi connectivity index (χ1v) is 9.63. The number of halogens is 4. The predicted molar refractivity (Wildman–Crippen MR) is 108 cm³/mol. The Hall–Kier alpha value is -3.07. The predicted octanol–water partition coefficient (Wildman–Crippen LogP) is 4.20. The molecule has 2 aromatic carbocycles. The summed E-state index contributed by atoms with van der Waals surface area (Å²) in [7, 11) is 0. The monoisotopic (exact) mass is 454 g/mol. The molecule has 0 aromatic heterocycles. The van der Waals surface area contributed by atoms with E-state index in [1.54, 1.807) is 12.1 Å². The van der Waals surface area contributed by atoms with Crippen molar-refractivity contribution in [1.29, 1.82) is 0 Å². The Morgan fingerprint density at radius 3 is 2.61 bits per heavy atom. The van der Waals surface area contributed by atoms with Gasteiger partial charge in [-0.3, -0.25) is 14.4 Å². The van der Waals surface area contributed by atoms with Gasteiger partial charge in [-0.15, -0.1) is 0 Å². The smallest absolute Gasteiger partial charge is 0.417 e. The molecule has 1 aliphatic rings. The Morgan fingerprint density at radius 1 is 1.23 bits per heavy atom. The van der Waals surface area contributed by atoms with Crippen LogP contribution < -0.4 is 10.2 Å². The highest BCUT2D eigenvalue weighted by molar-refractivity contribution is 6.31. The van der Waals surface area contributed by atoms with Gasteiger partial charge >= 0.3 is 12.1 Å². The van der Waals surface area contributed by atoms with Gasteiger partial charge in [0.25, 0.3) is 5.91 Å². The zero-order valence-electron chi connectivity index (χ0n) is 16.3. The first-order valence-electron chi connectivity index (χ1n) is 9.25. The number of nitrogens with zero attached hydrogens (tertiary/aromatic N) is 1. The molecule has 164 valence electrons. The van der Waals surface area contributed by atoms with E-state index in [0.29, 0.717) is 11.8 Å². The fourth-order valence-corrected chi connectivity index (χ4v) is 3.46. The van der Waals surface area contributed by atoms with Crippen LogP contribution in [0, 0.1) is 12.8 Å². The molecule has 6 nitrogen and oxygen atoms in total. The first-order chi connectivity index (χ1) is 14.6. The number of amides is 2. The van der Waals surface area contributed by atoms with Gasteiger partial charge in [-0.1, -0.05) is 29.8 Å². The molecule has 31 heavy (non-hydrogen) atoms. The standard InChI is InChI=1S/C21H18ClF3N2O4/c1-12-4-2-3-5-17(12)27-10-13(8-19(27)29)20(30)31-11-18(28)26-14-6-7-16(22)15(9-14)21(23,24)25/h2-7,9,13H,8,10-11H2,1H3,(H,26,28)/t13-/m1/s1. The number of ether oxygens (including phenoxy) is 1. The summed E-state index contributed by atoms with van der Waals surface area (Å²) >= 11 is 5.54. The van der Waals surface area contributed by atoms with Crippen molar-refractivity contribution < 1.29 is 32.3 Å².